The molecule has 21 heavy (non-hydrogen) atoms. The van der Waals surface area contributed by atoms with Gasteiger partial charge < -0.3 is 0 Å². The van der Waals surface area contributed by atoms with Crippen LogP contribution in [0.5, 0.6) is 0 Å². The molecule has 0 saturated heterocycles. The molecule has 3 heteroatoms. The van der Waals surface area contributed by atoms with Gasteiger partial charge in [-0.3, -0.25) is 0 Å². The third-order valence-electron chi connectivity index (χ3n) is 3.69. The van der Waals surface area contributed by atoms with E-state index < -0.39 is 6.95 Å². The monoisotopic (exact) mass is 399 g/mol. The zero-order valence-electron chi connectivity index (χ0n) is 11.6. The van der Waals surface area contributed by atoms with Crippen molar-refractivity contribution in [1.29, 1.82) is 0 Å². The SMILES string of the molecule is P[PH](c1ccccc1)(c1ccccc1)c1ccccc1.[Rh]. The number of hydrogen-bond acceptors (Lipinski definition) is 0. The van der Waals surface area contributed by atoms with Gasteiger partial charge in [0, 0.05) is 19.5 Å². The zero-order chi connectivity index (χ0) is 13.8. The van der Waals surface area contributed by atoms with E-state index in [2.05, 4.69) is 99.9 Å². The van der Waals surface area contributed by atoms with Gasteiger partial charge in [-0.15, -0.1) is 0 Å². The van der Waals surface area contributed by atoms with E-state index in [9.17, 15) is 0 Å². The minimum Gasteiger partial charge on any atom is 0 e. The average Bonchev–Trinajstić information content (AvgIpc) is 2.56. The predicted molar refractivity (Wildman–Crippen MR) is 96.3 cm³/mol. The Morgan fingerprint density at radius 1 is 0.476 bits per heavy atom. The van der Waals surface area contributed by atoms with E-state index in [1.165, 1.54) is 15.9 Å². The van der Waals surface area contributed by atoms with Gasteiger partial charge in [0.05, 0.1) is 0 Å². The van der Waals surface area contributed by atoms with Gasteiger partial charge in [-0.2, -0.15) is 0 Å². The molecule has 0 spiro atoms. The first-order chi connectivity index (χ1) is 9.82. The van der Waals surface area contributed by atoms with E-state index in [1.807, 2.05) is 0 Å². The summed E-state index contributed by atoms with van der Waals surface area (Å²) in [5.74, 6) is 0. The van der Waals surface area contributed by atoms with E-state index in [1.54, 1.807) is 0 Å². The van der Waals surface area contributed by atoms with Crippen molar-refractivity contribution in [2.75, 3.05) is 0 Å². The Hall–Kier alpha value is -0.857. The second kappa shape index (κ2) is 7.42. The normalized spacial score (nSPS) is 11.5. The molecule has 1 radical (unpaired) electrons. The van der Waals surface area contributed by atoms with Gasteiger partial charge in [0.1, 0.15) is 0 Å². The maximum Gasteiger partial charge on any atom is 0 e. The number of rotatable bonds is 3. The number of hydrogen-bond donors (Lipinski definition) is 0. The van der Waals surface area contributed by atoms with Crippen LogP contribution in [0.2, 0.25) is 0 Å². The van der Waals surface area contributed by atoms with Gasteiger partial charge in [-0.25, -0.2) is 0 Å². The molecular weight excluding hydrogens is 381 g/mol. The van der Waals surface area contributed by atoms with Crippen LogP contribution in [0, 0.1) is 0 Å². The van der Waals surface area contributed by atoms with Gasteiger partial charge in [0.15, 0.2) is 0 Å². The van der Waals surface area contributed by atoms with E-state index >= 15 is 0 Å². The van der Waals surface area contributed by atoms with Crippen LogP contribution in [-0.2, 0) is 19.5 Å². The third kappa shape index (κ3) is 3.32. The maximum atomic E-state index is 3.20. The van der Waals surface area contributed by atoms with Crippen LogP contribution in [0.1, 0.15) is 0 Å². The first kappa shape index (κ1) is 16.5. The third-order valence-corrected chi connectivity index (χ3v) is 10.4. The fourth-order valence-corrected chi connectivity index (χ4v) is 7.49. The summed E-state index contributed by atoms with van der Waals surface area (Å²) in [5, 5.41) is 4.26. The van der Waals surface area contributed by atoms with Crippen LogP contribution in [0.25, 0.3) is 0 Å². The Labute approximate surface area is 142 Å². The fourth-order valence-electron chi connectivity index (χ4n) is 2.60. The molecule has 3 aromatic rings. The van der Waals surface area contributed by atoms with Gasteiger partial charge in [-0.05, 0) is 0 Å². The Morgan fingerprint density at radius 3 is 0.952 bits per heavy atom. The van der Waals surface area contributed by atoms with Crippen molar-refractivity contribution in [2.45, 2.75) is 0 Å². The molecule has 0 nitrogen and oxygen atoms in total. The van der Waals surface area contributed by atoms with Crippen LogP contribution in [0.4, 0.5) is 0 Å². The molecule has 3 aromatic carbocycles. The van der Waals surface area contributed by atoms with E-state index in [4.69, 9.17) is 0 Å². The summed E-state index contributed by atoms with van der Waals surface area (Å²) < 4.78 is 0. The summed E-state index contributed by atoms with van der Waals surface area (Å²) in [5.41, 5.74) is 0. The molecule has 1 unspecified atom stereocenters. The summed E-state index contributed by atoms with van der Waals surface area (Å²) in [6.45, 7) is -1.96. The summed E-state index contributed by atoms with van der Waals surface area (Å²) in [7, 11) is 3.20. The summed E-state index contributed by atoms with van der Waals surface area (Å²) in [6.07, 6.45) is 0. The van der Waals surface area contributed by atoms with Crippen molar-refractivity contribution in [1.82, 2.24) is 0 Å². The van der Waals surface area contributed by atoms with Crippen molar-refractivity contribution in [3.05, 3.63) is 91.0 Å². The first-order valence-corrected chi connectivity index (χ1v) is 10.6. The fraction of sp³-hybridized carbons (Fsp3) is 0. The molecule has 0 bridgehead atoms. The quantitative estimate of drug-likeness (QED) is 0.467. The molecule has 0 aliphatic carbocycles. The molecule has 0 fully saturated rings. The van der Waals surface area contributed by atoms with Crippen molar-refractivity contribution in [2.24, 2.45) is 0 Å². The van der Waals surface area contributed by atoms with Crippen LogP contribution in [0.3, 0.4) is 0 Å². The van der Waals surface area contributed by atoms with Gasteiger partial charge >= 0.3 is 123 Å². The molecule has 1 atom stereocenters. The molecule has 109 valence electrons. The molecule has 0 aliphatic rings. The molecule has 0 amide bonds. The average molecular weight is 399 g/mol. The summed E-state index contributed by atoms with van der Waals surface area (Å²) in [6, 6.07) is 32.5. The second-order valence-electron chi connectivity index (χ2n) is 4.91. The van der Waals surface area contributed by atoms with Crippen LogP contribution >= 0.6 is 15.9 Å². The second-order valence-corrected chi connectivity index (χ2v) is 10.9. The Bertz CT molecular complexity index is 573. The summed E-state index contributed by atoms with van der Waals surface area (Å²) >= 11 is 0. The molecule has 0 N–H and O–H groups in total. The van der Waals surface area contributed by atoms with Crippen LogP contribution in [0.15, 0.2) is 91.0 Å². The van der Waals surface area contributed by atoms with Crippen molar-refractivity contribution < 1.29 is 19.5 Å². The molecule has 0 heterocycles. The first-order valence-electron chi connectivity index (χ1n) is 6.77. The molecule has 3 rings (SSSR count). The molecule has 0 aliphatic heterocycles. The zero-order valence-corrected chi connectivity index (χ0v) is 15.4. The van der Waals surface area contributed by atoms with E-state index in [0.29, 0.717) is 0 Å². The predicted octanol–water partition coefficient (Wildman–Crippen LogP) is 3.50. The van der Waals surface area contributed by atoms with Crippen LogP contribution < -0.4 is 15.9 Å². The topological polar surface area (TPSA) is 0 Å². The molecule has 0 saturated carbocycles. The van der Waals surface area contributed by atoms with Gasteiger partial charge in [-0.1, -0.05) is 0 Å². The van der Waals surface area contributed by atoms with Gasteiger partial charge in [0.2, 0.25) is 0 Å². The van der Waals surface area contributed by atoms with Crippen LogP contribution in [-0.4, -0.2) is 0 Å². The minimum atomic E-state index is -1.96. The molecular formula is C18H18P2Rh. The Balaban J connectivity index is 0.00000161. The summed E-state index contributed by atoms with van der Waals surface area (Å²) in [4.78, 5) is 0. The van der Waals surface area contributed by atoms with Crippen molar-refractivity contribution >= 4 is 31.8 Å². The maximum absolute atomic E-state index is 3.20. The standard InChI is InChI=1S/C18H18P2.Rh/c19-20(16-10-4-1-5-11-16,17-12-6-2-7-13-17)18-14-8-3-9-15-18;/h1-15,20H,19H2;. The van der Waals surface area contributed by atoms with Crippen molar-refractivity contribution in [3.8, 4) is 0 Å². The minimum absolute atomic E-state index is 0. The van der Waals surface area contributed by atoms with E-state index in [-0.39, 0.29) is 19.5 Å². The molecule has 0 aromatic heterocycles. The van der Waals surface area contributed by atoms with E-state index in [0.717, 1.165) is 0 Å². The number of benzene rings is 3. The van der Waals surface area contributed by atoms with Crippen molar-refractivity contribution in [3.63, 3.8) is 0 Å². The Kier molecular flexibility index (Phi) is 5.83. The Morgan fingerprint density at radius 2 is 0.714 bits per heavy atom. The van der Waals surface area contributed by atoms with Gasteiger partial charge in [0.25, 0.3) is 0 Å². The largest absolute Gasteiger partial charge is 0 e. The smallest absolute Gasteiger partial charge is 0 e.